The summed E-state index contributed by atoms with van der Waals surface area (Å²) in [5.41, 5.74) is 7.33. The Kier molecular flexibility index (Phi) is 6.43. The molecule has 4 aromatic carbocycles. The normalized spacial score (nSPS) is 15.1. The van der Waals surface area contributed by atoms with Crippen molar-refractivity contribution in [3.63, 3.8) is 0 Å². The molecule has 0 fully saturated rings. The van der Waals surface area contributed by atoms with E-state index in [-0.39, 0.29) is 11.9 Å². The van der Waals surface area contributed by atoms with E-state index >= 15 is 0 Å². The van der Waals surface area contributed by atoms with Gasteiger partial charge in [-0.3, -0.25) is 4.79 Å². The number of hydrogen-bond acceptors (Lipinski definition) is 6. The van der Waals surface area contributed by atoms with Gasteiger partial charge in [-0.15, -0.1) is 0 Å². The molecule has 0 saturated carbocycles. The third-order valence-electron chi connectivity index (χ3n) is 7.27. The summed E-state index contributed by atoms with van der Waals surface area (Å²) in [7, 11) is 0. The van der Waals surface area contributed by atoms with E-state index < -0.39 is 0 Å². The number of nitrogens with zero attached hydrogens (tertiary/aromatic N) is 5. The molecule has 7 rings (SSSR count). The first-order valence-electron chi connectivity index (χ1n) is 13.6. The number of anilines is 3. The molecule has 0 spiro atoms. The Labute approximate surface area is 251 Å². The van der Waals surface area contributed by atoms with E-state index in [1.54, 1.807) is 0 Å². The molecule has 2 aliphatic rings. The van der Waals surface area contributed by atoms with E-state index in [0.717, 1.165) is 55.5 Å². The number of benzene rings is 4. The molecule has 42 heavy (non-hydrogen) atoms. The molecule has 206 valence electrons. The maximum Gasteiger partial charge on any atom is 0.221 e. The molecular formula is C33H26BrN7O. The number of rotatable bonds is 4. The number of fused-ring (bicyclic) bond motifs is 4. The Balaban J connectivity index is 1.43. The summed E-state index contributed by atoms with van der Waals surface area (Å²) in [5, 5.41) is 11.3. The predicted octanol–water partition coefficient (Wildman–Crippen LogP) is 7.70. The molecule has 5 aromatic rings. The molecule has 0 aliphatic carbocycles. The van der Waals surface area contributed by atoms with Gasteiger partial charge in [0.25, 0.3) is 0 Å². The second-order valence-electron chi connectivity index (χ2n) is 10.2. The lowest BCUT2D eigenvalue weighted by atomic mass is 9.93. The quantitative estimate of drug-likeness (QED) is 0.217. The van der Waals surface area contributed by atoms with Crippen molar-refractivity contribution in [2.45, 2.75) is 19.9 Å². The lowest BCUT2D eigenvalue weighted by Gasteiger charge is -2.40. The van der Waals surface area contributed by atoms with Gasteiger partial charge in [0.2, 0.25) is 5.91 Å². The van der Waals surface area contributed by atoms with Crippen LogP contribution in [0.5, 0.6) is 0 Å². The second-order valence-corrected chi connectivity index (χ2v) is 11.1. The number of carbonyl (C=O) groups excluding carboxylic acids is 1. The van der Waals surface area contributed by atoms with Crippen LogP contribution in [0.3, 0.4) is 0 Å². The number of para-hydroxylation sites is 3. The largest absolute Gasteiger partial charge is 0.337 e. The van der Waals surface area contributed by atoms with Crippen LogP contribution in [0.4, 0.5) is 28.6 Å². The molecule has 0 unspecified atom stereocenters. The SMILES string of the molecule is CC(=O)Nc1ccc(NC2=Nc3ccccc3N3C2=Nc2c(c(C)nn2-c2ccccc2)[C@@H]3c2cccc(Br)c2)cc1. The van der Waals surface area contributed by atoms with Crippen molar-refractivity contribution in [1.29, 1.82) is 0 Å². The summed E-state index contributed by atoms with van der Waals surface area (Å²) in [5.74, 6) is 1.96. The van der Waals surface area contributed by atoms with E-state index in [2.05, 4.69) is 55.7 Å². The van der Waals surface area contributed by atoms with Crippen LogP contribution in [0.2, 0.25) is 0 Å². The number of amidine groups is 2. The topological polar surface area (TPSA) is 86.9 Å². The first-order chi connectivity index (χ1) is 20.5. The van der Waals surface area contributed by atoms with E-state index in [0.29, 0.717) is 11.7 Å². The molecule has 1 amide bonds. The zero-order valence-corrected chi connectivity index (χ0v) is 24.5. The average Bonchev–Trinajstić information content (AvgIpc) is 3.33. The first-order valence-corrected chi connectivity index (χ1v) is 14.4. The molecule has 0 saturated heterocycles. The van der Waals surface area contributed by atoms with Crippen LogP contribution in [0, 0.1) is 6.92 Å². The van der Waals surface area contributed by atoms with Gasteiger partial charge < -0.3 is 15.5 Å². The summed E-state index contributed by atoms with van der Waals surface area (Å²) in [4.78, 5) is 24.1. The van der Waals surface area contributed by atoms with Crippen LogP contribution >= 0.6 is 15.9 Å². The van der Waals surface area contributed by atoms with Gasteiger partial charge in [-0.05, 0) is 73.2 Å². The predicted molar refractivity (Wildman–Crippen MR) is 172 cm³/mol. The zero-order chi connectivity index (χ0) is 28.8. The monoisotopic (exact) mass is 615 g/mol. The fourth-order valence-corrected chi connectivity index (χ4v) is 5.93. The summed E-state index contributed by atoms with van der Waals surface area (Å²) in [6, 6.07) is 33.9. The maximum atomic E-state index is 11.5. The number of aryl methyl sites for hydroxylation is 1. The van der Waals surface area contributed by atoms with Gasteiger partial charge >= 0.3 is 0 Å². The summed E-state index contributed by atoms with van der Waals surface area (Å²) < 4.78 is 2.91. The molecule has 1 aromatic heterocycles. The number of aliphatic imine (C=N–C) groups is 2. The standard InChI is InChI=1S/C33H26BrN7O/c1-20-29-30(22-9-8-10-23(34)19-22)40-28-14-7-6-13-27(28)37-31(36-25-17-15-24(16-18-25)35-21(2)42)33(40)38-32(29)41(39-20)26-11-4-3-5-12-26/h3-19,30H,1-2H3,(H,35,42)(H,36,37)/t30-/m0/s1. The van der Waals surface area contributed by atoms with Crippen molar-refractivity contribution in [3.8, 4) is 5.69 Å². The van der Waals surface area contributed by atoms with Crippen molar-refractivity contribution in [1.82, 2.24) is 9.78 Å². The third-order valence-corrected chi connectivity index (χ3v) is 7.76. The fourth-order valence-electron chi connectivity index (χ4n) is 5.52. The lowest BCUT2D eigenvalue weighted by molar-refractivity contribution is -0.114. The molecule has 0 bridgehead atoms. The summed E-state index contributed by atoms with van der Waals surface area (Å²) in [6.45, 7) is 3.54. The Morgan fingerprint density at radius 3 is 2.36 bits per heavy atom. The van der Waals surface area contributed by atoms with Crippen molar-refractivity contribution < 1.29 is 4.79 Å². The molecule has 8 nitrogen and oxygen atoms in total. The summed E-state index contributed by atoms with van der Waals surface area (Å²) in [6.07, 6.45) is 0. The highest BCUT2D eigenvalue weighted by atomic mass is 79.9. The molecule has 9 heteroatoms. The van der Waals surface area contributed by atoms with E-state index in [1.807, 2.05) is 90.5 Å². The molecule has 2 N–H and O–H groups in total. The van der Waals surface area contributed by atoms with Gasteiger partial charge in [0.05, 0.1) is 28.8 Å². The van der Waals surface area contributed by atoms with Crippen molar-refractivity contribution >= 4 is 62.1 Å². The van der Waals surface area contributed by atoms with Crippen LogP contribution in [0.25, 0.3) is 5.69 Å². The first kappa shape index (κ1) is 25.9. The van der Waals surface area contributed by atoms with Crippen molar-refractivity contribution in [2.24, 2.45) is 9.98 Å². The Hall–Kier alpha value is -5.02. The molecule has 0 radical (unpaired) electrons. The van der Waals surface area contributed by atoms with Crippen LogP contribution in [-0.2, 0) is 4.79 Å². The van der Waals surface area contributed by atoms with Gasteiger partial charge in [-0.1, -0.05) is 58.4 Å². The van der Waals surface area contributed by atoms with Gasteiger partial charge in [-0.2, -0.15) is 5.10 Å². The minimum Gasteiger partial charge on any atom is -0.337 e. The van der Waals surface area contributed by atoms with Gasteiger partial charge in [0.15, 0.2) is 17.5 Å². The minimum absolute atomic E-state index is 0.115. The van der Waals surface area contributed by atoms with Crippen LogP contribution in [-0.4, -0.2) is 27.4 Å². The van der Waals surface area contributed by atoms with Gasteiger partial charge in [0, 0.05) is 28.3 Å². The van der Waals surface area contributed by atoms with Crippen molar-refractivity contribution in [2.75, 3.05) is 15.5 Å². The average molecular weight is 617 g/mol. The number of carbonyl (C=O) groups is 1. The Bertz CT molecular complexity index is 1890. The minimum atomic E-state index is -0.210. The van der Waals surface area contributed by atoms with E-state index in [4.69, 9.17) is 15.1 Å². The van der Waals surface area contributed by atoms with Crippen LogP contribution in [0.15, 0.2) is 118 Å². The second kappa shape index (κ2) is 10.4. The number of halogens is 1. The molecule has 1 atom stereocenters. The molecule has 2 aliphatic heterocycles. The molecular weight excluding hydrogens is 590 g/mol. The highest BCUT2D eigenvalue weighted by Crippen LogP contribution is 2.48. The Morgan fingerprint density at radius 1 is 0.857 bits per heavy atom. The summed E-state index contributed by atoms with van der Waals surface area (Å²) >= 11 is 3.69. The smallest absolute Gasteiger partial charge is 0.221 e. The number of nitrogens with one attached hydrogen (secondary N) is 2. The van der Waals surface area contributed by atoms with Crippen LogP contribution < -0.4 is 15.5 Å². The fraction of sp³-hybridized carbons (Fsp3) is 0.0909. The third kappa shape index (κ3) is 4.57. The number of hydrogen-bond donors (Lipinski definition) is 2. The van der Waals surface area contributed by atoms with Gasteiger partial charge in [-0.25, -0.2) is 14.7 Å². The maximum absolute atomic E-state index is 11.5. The number of amides is 1. The van der Waals surface area contributed by atoms with E-state index in [9.17, 15) is 4.79 Å². The highest BCUT2D eigenvalue weighted by Gasteiger charge is 2.41. The number of aromatic nitrogens is 2. The zero-order valence-electron chi connectivity index (χ0n) is 22.9. The van der Waals surface area contributed by atoms with E-state index in [1.165, 1.54) is 6.92 Å². The lowest BCUT2D eigenvalue weighted by Crippen LogP contribution is -2.46. The highest BCUT2D eigenvalue weighted by molar-refractivity contribution is 9.10. The van der Waals surface area contributed by atoms with Crippen molar-refractivity contribution in [3.05, 3.63) is 124 Å². The Morgan fingerprint density at radius 2 is 1.60 bits per heavy atom. The van der Waals surface area contributed by atoms with Gasteiger partial charge in [0.1, 0.15) is 0 Å². The molecule has 3 heterocycles. The van der Waals surface area contributed by atoms with Crippen LogP contribution in [0.1, 0.15) is 29.8 Å².